The van der Waals surface area contributed by atoms with E-state index in [4.69, 9.17) is 0 Å². The highest BCUT2D eigenvalue weighted by molar-refractivity contribution is 9.10. The average molecular weight is 276 g/mol. The molecular weight excluding hydrogens is 264 g/mol. The van der Waals surface area contributed by atoms with Gasteiger partial charge in [-0.2, -0.15) is 0 Å². The third-order valence-corrected chi connectivity index (χ3v) is 2.65. The first-order valence-electron chi connectivity index (χ1n) is 4.59. The summed E-state index contributed by atoms with van der Waals surface area (Å²) in [6.45, 7) is 6.25. The Balaban J connectivity index is 2.77. The molecule has 1 nitrogen and oxygen atoms in total. The minimum absolute atomic E-state index is 0.244. The smallest absolute Gasteiger partial charge is 0.149 e. The van der Waals surface area contributed by atoms with E-state index in [-0.39, 0.29) is 10.2 Å². The maximum atomic E-state index is 13.2. The molecule has 1 aromatic rings. The third-order valence-electron chi connectivity index (χ3n) is 2.04. The van der Waals surface area contributed by atoms with Gasteiger partial charge in [-0.3, -0.25) is 0 Å². The molecule has 15 heavy (non-hydrogen) atoms. The Morgan fingerprint density at radius 3 is 2.67 bits per heavy atom. The van der Waals surface area contributed by atoms with Crippen LogP contribution in [0.1, 0.15) is 13.3 Å². The summed E-state index contributed by atoms with van der Waals surface area (Å²) in [6.07, 6.45) is 0.830. The molecule has 0 saturated carbocycles. The van der Waals surface area contributed by atoms with Gasteiger partial charge in [0.05, 0.1) is 10.2 Å². The predicted molar refractivity (Wildman–Crippen MR) is 62.0 cm³/mol. The number of benzene rings is 1. The lowest BCUT2D eigenvalue weighted by Gasteiger charge is -2.09. The van der Waals surface area contributed by atoms with Crippen molar-refractivity contribution in [1.29, 1.82) is 0 Å². The van der Waals surface area contributed by atoms with E-state index in [1.54, 1.807) is 0 Å². The molecule has 4 heteroatoms. The van der Waals surface area contributed by atoms with Gasteiger partial charge >= 0.3 is 0 Å². The molecule has 82 valence electrons. The van der Waals surface area contributed by atoms with Gasteiger partial charge in [0.2, 0.25) is 0 Å². The van der Waals surface area contributed by atoms with Crippen molar-refractivity contribution >= 4 is 21.6 Å². The van der Waals surface area contributed by atoms with Crippen LogP contribution in [0.15, 0.2) is 28.8 Å². The van der Waals surface area contributed by atoms with Gasteiger partial charge in [0, 0.05) is 12.6 Å². The van der Waals surface area contributed by atoms with E-state index in [1.807, 2.05) is 6.92 Å². The highest BCUT2D eigenvalue weighted by atomic mass is 79.9. The summed E-state index contributed by atoms with van der Waals surface area (Å²) in [4.78, 5) is 0. The first kappa shape index (κ1) is 12.2. The first-order chi connectivity index (χ1) is 7.04. The predicted octanol–water partition coefficient (Wildman–Crippen LogP) is 4.11. The number of anilines is 1. The SMILES string of the molecule is C=C(CC)CNc1cc(Br)c(F)cc1F. The highest BCUT2D eigenvalue weighted by Gasteiger charge is 2.07. The average Bonchev–Trinajstić information content (AvgIpc) is 2.21. The third kappa shape index (κ3) is 3.30. The zero-order chi connectivity index (χ0) is 11.4. The van der Waals surface area contributed by atoms with E-state index in [0.29, 0.717) is 6.54 Å². The van der Waals surface area contributed by atoms with Crippen molar-refractivity contribution in [3.63, 3.8) is 0 Å². The van der Waals surface area contributed by atoms with Crippen LogP contribution in [0.5, 0.6) is 0 Å². The Kier molecular flexibility index (Phi) is 4.27. The van der Waals surface area contributed by atoms with E-state index < -0.39 is 11.6 Å². The second-order valence-electron chi connectivity index (χ2n) is 3.20. The van der Waals surface area contributed by atoms with Gasteiger partial charge in [-0.15, -0.1) is 0 Å². The molecule has 0 amide bonds. The van der Waals surface area contributed by atoms with Gasteiger partial charge in [0.15, 0.2) is 0 Å². The highest BCUT2D eigenvalue weighted by Crippen LogP contribution is 2.23. The van der Waals surface area contributed by atoms with Gasteiger partial charge in [-0.05, 0) is 28.4 Å². The fourth-order valence-corrected chi connectivity index (χ4v) is 1.35. The van der Waals surface area contributed by atoms with Crippen molar-refractivity contribution < 1.29 is 8.78 Å². The molecule has 0 aliphatic heterocycles. The van der Waals surface area contributed by atoms with Crippen molar-refractivity contribution in [2.75, 3.05) is 11.9 Å². The molecule has 0 atom stereocenters. The number of nitrogens with one attached hydrogen (secondary N) is 1. The molecule has 0 bridgehead atoms. The van der Waals surface area contributed by atoms with E-state index in [1.165, 1.54) is 6.07 Å². The van der Waals surface area contributed by atoms with Crippen LogP contribution in [0.4, 0.5) is 14.5 Å². The second-order valence-corrected chi connectivity index (χ2v) is 4.06. The Hall–Kier alpha value is -0.900. The summed E-state index contributed by atoms with van der Waals surface area (Å²) in [7, 11) is 0. The van der Waals surface area contributed by atoms with Crippen LogP contribution >= 0.6 is 15.9 Å². The van der Waals surface area contributed by atoms with Gasteiger partial charge < -0.3 is 5.32 Å². The zero-order valence-electron chi connectivity index (χ0n) is 8.41. The molecule has 0 radical (unpaired) electrons. The molecule has 0 aliphatic rings. The van der Waals surface area contributed by atoms with Crippen LogP contribution in [-0.2, 0) is 0 Å². The van der Waals surface area contributed by atoms with Crippen LogP contribution in [0, 0.1) is 11.6 Å². The maximum absolute atomic E-state index is 13.2. The number of halogens is 3. The van der Waals surface area contributed by atoms with Crippen LogP contribution < -0.4 is 5.32 Å². The Labute approximate surface area is 96.3 Å². The molecule has 1 N–H and O–H groups in total. The van der Waals surface area contributed by atoms with Crippen molar-refractivity contribution in [2.45, 2.75) is 13.3 Å². The van der Waals surface area contributed by atoms with Crippen LogP contribution in [0.2, 0.25) is 0 Å². The largest absolute Gasteiger partial charge is 0.379 e. The quantitative estimate of drug-likeness (QED) is 0.644. The van der Waals surface area contributed by atoms with Crippen molar-refractivity contribution in [3.8, 4) is 0 Å². The number of hydrogen-bond acceptors (Lipinski definition) is 1. The lowest BCUT2D eigenvalue weighted by Crippen LogP contribution is -2.05. The molecule has 0 spiro atoms. The lowest BCUT2D eigenvalue weighted by atomic mass is 10.2. The van der Waals surface area contributed by atoms with Gasteiger partial charge in [-0.1, -0.05) is 19.1 Å². The minimum Gasteiger partial charge on any atom is -0.379 e. The number of hydrogen-bond donors (Lipinski definition) is 1. The summed E-state index contributed by atoms with van der Waals surface area (Å²) in [5.41, 5.74) is 1.24. The molecule has 0 aromatic heterocycles. The second kappa shape index (κ2) is 5.26. The van der Waals surface area contributed by atoms with Gasteiger partial charge in [0.25, 0.3) is 0 Å². The standard InChI is InChI=1S/C11H12BrF2N/c1-3-7(2)6-15-11-4-8(12)9(13)5-10(11)14/h4-5,15H,2-3,6H2,1H3. The molecular formula is C11H12BrF2N. The zero-order valence-corrected chi connectivity index (χ0v) is 10.00. The fraction of sp³-hybridized carbons (Fsp3) is 0.273. The summed E-state index contributed by atoms with van der Waals surface area (Å²) < 4.78 is 26.4. The summed E-state index contributed by atoms with van der Waals surface area (Å²) in [6, 6.07) is 2.23. The lowest BCUT2D eigenvalue weighted by molar-refractivity contribution is 0.581. The monoisotopic (exact) mass is 275 g/mol. The molecule has 0 unspecified atom stereocenters. The van der Waals surface area contributed by atoms with Crippen molar-refractivity contribution in [3.05, 3.63) is 40.4 Å². The Morgan fingerprint density at radius 1 is 1.40 bits per heavy atom. The molecule has 1 aromatic carbocycles. The molecule has 0 saturated heterocycles. The Morgan fingerprint density at radius 2 is 2.07 bits per heavy atom. The molecule has 0 heterocycles. The summed E-state index contributed by atoms with van der Waals surface area (Å²) >= 11 is 3.00. The van der Waals surface area contributed by atoms with Crippen LogP contribution in [0.25, 0.3) is 0 Å². The van der Waals surface area contributed by atoms with E-state index in [0.717, 1.165) is 18.1 Å². The fourth-order valence-electron chi connectivity index (χ4n) is 1.00. The molecule has 0 fully saturated rings. The topological polar surface area (TPSA) is 12.0 Å². The Bertz CT molecular complexity index is 377. The summed E-state index contributed by atoms with van der Waals surface area (Å²) in [5, 5.41) is 2.86. The normalized spacial score (nSPS) is 10.1. The van der Waals surface area contributed by atoms with Crippen molar-refractivity contribution in [2.24, 2.45) is 0 Å². The summed E-state index contributed by atoms with van der Waals surface area (Å²) in [5.74, 6) is -1.20. The van der Waals surface area contributed by atoms with Crippen LogP contribution in [0.3, 0.4) is 0 Å². The first-order valence-corrected chi connectivity index (χ1v) is 5.39. The van der Waals surface area contributed by atoms with Crippen LogP contribution in [-0.4, -0.2) is 6.54 Å². The van der Waals surface area contributed by atoms with Gasteiger partial charge in [0.1, 0.15) is 11.6 Å². The molecule has 0 aliphatic carbocycles. The van der Waals surface area contributed by atoms with E-state index >= 15 is 0 Å². The van der Waals surface area contributed by atoms with E-state index in [9.17, 15) is 8.78 Å². The van der Waals surface area contributed by atoms with E-state index in [2.05, 4.69) is 27.8 Å². The molecule has 1 rings (SSSR count). The van der Waals surface area contributed by atoms with Crippen molar-refractivity contribution in [1.82, 2.24) is 0 Å². The maximum Gasteiger partial charge on any atom is 0.149 e. The van der Waals surface area contributed by atoms with Gasteiger partial charge in [-0.25, -0.2) is 8.78 Å². The number of rotatable bonds is 4. The minimum atomic E-state index is -0.604.